The summed E-state index contributed by atoms with van der Waals surface area (Å²) in [6.45, 7) is 3.27. The molecule has 0 aliphatic heterocycles. The first-order chi connectivity index (χ1) is 9.25. The summed E-state index contributed by atoms with van der Waals surface area (Å²) < 4.78 is 30.3. The van der Waals surface area contributed by atoms with Crippen LogP contribution in [0.3, 0.4) is 0 Å². The Labute approximate surface area is 116 Å². The van der Waals surface area contributed by atoms with E-state index in [4.69, 9.17) is 5.11 Å². The lowest BCUT2D eigenvalue weighted by molar-refractivity contribution is -0.139. The van der Waals surface area contributed by atoms with Gasteiger partial charge < -0.3 is 9.84 Å². The Bertz CT molecular complexity index is 623. The van der Waals surface area contributed by atoms with Gasteiger partial charge in [0.15, 0.2) is 5.75 Å². The van der Waals surface area contributed by atoms with Crippen LogP contribution in [0.1, 0.15) is 22.8 Å². The van der Waals surface area contributed by atoms with E-state index in [1.54, 1.807) is 13.8 Å². The van der Waals surface area contributed by atoms with E-state index in [0.29, 0.717) is 5.56 Å². The van der Waals surface area contributed by atoms with Crippen LogP contribution in [0.4, 0.5) is 5.69 Å². The summed E-state index contributed by atoms with van der Waals surface area (Å²) >= 11 is 0. The highest BCUT2D eigenvalue weighted by molar-refractivity contribution is 7.93. The molecule has 1 aromatic rings. The van der Waals surface area contributed by atoms with Crippen LogP contribution >= 0.6 is 0 Å². The molecule has 0 atom stereocenters. The number of nitrogens with one attached hydrogen (secondary N) is 1. The third-order valence-corrected chi connectivity index (χ3v) is 3.51. The number of aromatic carboxylic acids is 1. The molecule has 0 aromatic heterocycles. The van der Waals surface area contributed by atoms with Crippen LogP contribution in [-0.2, 0) is 19.6 Å². The Morgan fingerprint density at radius 3 is 2.55 bits per heavy atom. The number of anilines is 1. The van der Waals surface area contributed by atoms with E-state index in [9.17, 15) is 18.0 Å². The van der Waals surface area contributed by atoms with Crippen LogP contribution in [0.5, 0.6) is 0 Å². The molecule has 0 aliphatic rings. The molecule has 0 aliphatic carbocycles. The highest BCUT2D eigenvalue weighted by atomic mass is 32.2. The highest BCUT2D eigenvalue weighted by Crippen LogP contribution is 2.18. The van der Waals surface area contributed by atoms with Crippen LogP contribution in [-0.4, -0.2) is 37.8 Å². The molecular weight excluding hydrogens is 286 g/mol. The number of esters is 1. The molecule has 0 saturated heterocycles. The number of hydrogen-bond donors (Lipinski definition) is 2. The number of sulfonamides is 1. The van der Waals surface area contributed by atoms with E-state index in [2.05, 4.69) is 9.46 Å². The number of ether oxygens (including phenoxy) is 1. The number of carbonyl (C=O) groups excluding carboxylic acids is 1. The second-order valence-electron chi connectivity index (χ2n) is 4.00. The van der Waals surface area contributed by atoms with Gasteiger partial charge in [-0.2, -0.15) is 0 Å². The van der Waals surface area contributed by atoms with E-state index >= 15 is 0 Å². The molecule has 1 aromatic carbocycles. The zero-order chi connectivity index (χ0) is 15.3. The molecule has 0 heterocycles. The standard InChI is InChI=1S/C12H15NO6S/c1-3-19-11(14)7-20(17,18)13-10-6-9(12(15)16)5-4-8(10)2/h4-6,13H,3,7H2,1-2H3,(H,15,16). The summed E-state index contributed by atoms with van der Waals surface area (Å²) in [6, 6.07) is 4.03. The van der Waals surface area contributed by atoms with Crippen LogP contribution < -0.4 is 4.72 Å². The van der Waals surface area contributed by atoms with Gasteiger partial charge in [-0.05, 0) is 31.5 Å². The van der Waals surface area contributed by atoms with Crippen LogP contribution in [0, 0.1) is 6.92 Å². The van der Waals surface area contributed by atoms with Crippen LogP contribution in [0.25, 0.3) is 0 Å². The molecule has 1 rings (SSSR count). The minimum Gasteiger partial charge on any atom is -0.478 e. The summed E-state index contributed by atoms with van der Waals surface area (Å²) in [5, 5.41) is 8.86. The fourth-order valence-corrected chi connectivity index (χ4v) is 2.45. The second kappa shape index (κ2) is 6.38. The van der Waals surface area contributed by atoms with Gasteiger partial charge in [0.1, 0.15) is 0 Å². The number of carbonyl (C=O) groups is 2. The lowest BCUT2D eigenvalue weighted by Gasteiger charge is -2.10. The van der Waals surface area contributed by atoms with Crippen molar-refractivity contribution in [2.24, 2.45) is 0 Å². The number of benzene rings is 1. The van der Waals surface area contributed by atoms with Gasteiger partial charge in [-0.3, -0.25) is 9.52 Å². The Hall–Kier alpha value is -2.09. The van der Waals surface area contributed by atoms with Crippen molar-refractivity contribution in [3.05, 3.63) is 29.3 Å². The van der Waals surface area contributed by atoms with Gasteiger partial charge in [0, 0.05) is 0 Å². The number of carboxylic acid groups (broad SMARTS) is 1. The molecule has 0 bridgehead atoms. The van der Waals surface area contributed by atoms with E-state index in [1.165, 1.54) is 18.2 Å². The molecule has 0 saturated carbocycles. The van der Waals surface area contributed by atoms with Crippen molar-refractivity contribution in [2.45, 2.75) is 13.8 Å². The summed E-state index contributed by atoms with van der Waals surface area (Å²) in [4.78, 5) is 22.0. The fraction of sp³-hybridized carbons (Fsp3) is 0.333. The second-order valence-corrected chi connectivity index (χ2v) is 5.72. The number of rotatable bonds is 6. The molecule has 0 amide bonds. The van der Waals surface area contributed by atoms with Crippen molar-refractivity contribution >= 4 is 27.6 Å². The fourth-order valence-electron chi connectivity index (χ4n) is 1.43. The molecule has 0 radical (unpaired) electrons. The lowest BCUT2D eigenvalue weighted by atomic mass is 10.1. The van der Waals surface area contributed by atoms with Crippen molar-refractivity contribution < 1.29 is 27.9 Å². The Morgan fingerprint density at radius 1 is 1.35 bits per heavy atom. The van der Waals surface area contributed by atoms with E-state index in [-0.39, 0.29) is 17.9 Å². The lowest BCUT2D eigenvalue weighted by Crippen LogP contribution is -2.24. The first-order valence-electron chi connectivity index (χ1n) is 5.75. The molecule has 0 unspecified atom stereocenters. The molecule has 110 valence electrons. The molecule has 20 heavy (non-hydrogen) atoms. The predicted molar refractivity (Wildman–Crippen MR) is 72.2 cm³/mol. The van der Waals surface area contributed by atoms with Gasteiger partial charge in [0.05, 0.1) is 17.9 Å². The van der Waals surface area contributed by atoms with Crippen molar-refractivity contribution in [3.8, 4) is 0 Å². The third-order valence-electron chi connectivity index (χ3n) is 2.36. The smallest absolute Gasteiger partial charge is 0.335 e. The number of carboxylic acids is 1. The maximum Gasteiger partial charge on any atom is 0.335 e. The molecule has 7 nitrogen and oxygen atoms in total. The topological polar surface area (TPSA) is 110 Å². The molecule has 2 N–H and O–H groups in total. The average Bonchev–Trinajstić information content (AvgIpc) is 2.30. The Balaban J connectivity index is 2.94. The van der Waals surface area contributed by atoms with Gasteiger partial charge in [-0.1, -0.05) is 6.07 Å². The number of hydrogen-bond acceptors (Lipinski definition) is 5. The summed E-state index contributed by atoms with van der Waals surface area (Å²) in [5.74, 6) is -2.86. The third kappa shape index (κ3) is 4.54. The summed E-state index contributed by atoms with van der Waals surface area (Å²) in [6.07, 6.45) is 0. The summed E-state index contributed by atoms with van der Waals surface area (Å²) in [7, 11) is -3.94. The normalized spacial score (nSPS) is 10.9. The predicted octanol–water partition coefficient (Wildman–Crippen LogP) is 0.998. The zero-order valence-corrected chi connectivity index (χ0v) is 11.9. The first-order valence-corrected chi connectivity index (χ1v) is 7.40. The quantitative estimate of drug-likeness (QED) is 0.758. The van der Waals surface area contributed by atoms with Crippen LogP contribution in [0.2, 0.25) is 0 Å². The Kier molecular flexibility index (Phi) is 5.09. The minimum absolute atomic E-state index is 0.0514. The van der Waals surface area contributed by atoms with Crippen molar-refractivity contribution in [2.75, 3.05) is 17.1 Å². The van der Waals surface area contributed by atoms with Crippen molar-refractivity contribution in [1.82, 2.24) is 0 Å². The maximum atomic E-state index is 11.8. The van der Waals surface area contributed by atoms with Gasteiger partial charge in [-0.15, -0.1) is 0 Å². The zero-order valence-electron chi connectivity index (χ0n) is 11.0. The SMILES string of the molecule is CCOC(=O)CS(=O)(=O)Nc1cc(C(=O)O)ccc1C. The van der Waals surface area contributed by atoms with E-state index in [0.717, 1.165) is 0 Å². The van der Waals surface area contributed by atoms with E-state index in [1.807, 2.05) is 0 Å². The van der Waals surface area contributed by atoms with Crippen molar-refractivity contribution in [1.29, 1.82) is 0 Å². The highest BCUT2D eigenvalue weighted by Gasteiger charge is 2.19. The molecule has 0 fully saturated rings. The van der Waals surface area contributed by atoms with Crippen LogP contribution in [0.15, 0.2) is 18.2 Å². The molecule has 8 heteroatoms. The first kappa shape index (κ1) is 16.0. The van der Waals surface area contributed by atoms with Gasteiger partial charge in [0.2, 0.25) is 10.0 Å². The van der Waals surface area contributed by atoms with E-state index < -0.39 is 27.7 Å². The van der Waals surface area contributed by atoms with Gasteiger partial charge in [-0.25, -0.2) is 13.2 Å². The van der Waals surface area contributed by atoms with Crippen molar-refractivity contribution in [3.63, 3.8) is 0 Å². The molecular formula is C12H15NO6S. The maximum absolute atomic E-state index is 11.8. The largest absolute Gasteiger partial charge is 0.478 e. The average molecular weight is 301 g/mol. The monoisotopic (exact) mass is 301 g/mol. The Morgan fingerprint density at radius 2 is 2.00 bits per heavy atom. The minimum atomic E-state index is -3.94. The molecule has 0 spiro atoms. The summed E-state index contributed by atoms with van der Waals surface area (Å²) in [5.41, 5.74) is 0.612. The van der Waals surface area contributed by atoms with Gasteiger partial charge >= 0.3 is 11.9 Å². The van der Waals surface area contributed by atoms with Gasteiger partial charge in [0.25, 0.3) is 0 Å². The number of aryl methyl sites for hydroxylation is 1.